The normalized spacial score (nSPS) is 16.3. The number of amides is 1. The number of nitrogen functional groups attached to an aromatic ring is 1. The highest BCUT2D eigenvalue weighted by Gasteiger charge is 2.25. The van der Waals surface area contributed by atoms with Crippen LogP contribution in [0.25, 0.3) is 0 Å². The molecule has 0 aromatic heterocycles. The Morgan fingerprint density at radius 1 is 1.37 bits per heavy atom. The van der Waals surface area contributed by atoms with E-state index in [1.54, 1.807) is 0 Å². The van der Waals surface area contributed by atoms with E-state index in [2.05, 4.69) is 0 Å². The van der Waals surface area contributed by atoms with Crippen LogP contribution in [0.1, 0.15) is 49.4 Å². The minimum atomic E-state index is -0.475. The Morgan fingerprint density at radius 3 is 2.63 bits per heavy atom. The second-order valence-corrected chi connectivity index (χ2v) is 5.12. The molecular formula is C15H21FN2O. The predicted octanol–water partition coefficient (Wildman–Crippen LogP) is 3.20. The zero-order valence-electron chi connectivity index (χ0n) is 11.4. The van der Waals surface area contributed by atoms with Crippen molar-refractivity contribution in [1.29, 1.82) is 0 Å². The lowest BCUT2D eigenvalue weighted by Gasteiger charge is -2.33. The van der Waals surface area contributed by atoms with Gasteiger partial charge >= 0.3 is 0 Å². The van der Waals surface area contributed by atoms with Crippen LogP contribution in [0.4, 0.5) is 10.1 Å². The second-order valence-electron chi connectivity index (χ2n) is 5.12. The van der Waals surface area contributed by atoms with E-state index >= 15 is 0 Å². The van der Waals surface area contributed by atoms with E-state index in [4.69, 9.17) is 5.73 Å². The Morgan fingerprint density at radius 2 is 2.05 bits per heavy atom. The first-order valence-electron chi connectivity index (χ1n) is 6.99. The molecule has 19 heavy (non-hydrogen) atoms. The van der Waals surface area contributed by atoms with Gasteiger partial charge in [0.1, 0.15) is 5.82 Å². The van der Waals surface area contributed by atoms with Gasteiger partial charge in [0, 0.05) is 18.2 Å². The molecule has 1 saturated carbocycles. The topological polar surface area (TPSA) is 46.3 Å². The van der Waals surface area contributed by atoms with Crippen LogP contribution in [0.3, 0.4) is 0 Å². The van der Waals surface area contributed by atoms with Gasteiger partial charge in [-0.25, -0.2) is 4.39 Å². The van der Waals surface area contributed by atoms with Crippen molar-refractivity contribution >= 4 is 11.6 Å². The molecule has 2 rings (SSSR count). The number of rotatable bonds is 3. The Balaban J connectivity index is 2.17. The number of halogens is 1. The number of benzene rings is 1. The molecule has 0 saturated heterocycles. The van der Waals surface area contributed by atoms with Gasteiger partial charge in [-0.1, -0.05) is 19.3 Å². The summed E-state index contributed by atoms with van der Waals surface area (Å²) in [7, 11) is 0. The van der Waals surface area contributed by atoms with Crippen molar-refractivity contribution in [3.63, 3.8) is 0 Å². The van der Waals surface area contributed by atoms with Crippen LogP contribution >= 0.6 is 0 Å². The van der Waals surface area contributed by atoms with Crippen LogP contribution in [0, 0.1) is 5.82 Å². The van der Waals surface area contributed by atoms with E-state index in [-0.39, 0.29) is 11.6 Å². The summed E-state index contributed by atoms with van der Waals surface area (Å²) in [6.45, 7) is 2.67. The molecule has 0 heterocycles. The third-order valence-corrected chi connectivity index (χ3v) is 3.86. The molecule has 4 heteroatoms. The van der Waals surface area contributed by atoms with Crippen molar-refractivity contribution in [2.75, 3.05) is 12.3 Å². The monoisotopic (exact) mass is 264 g/mol. The Kier molecular flexibility index (Phi) is 4.40. The minimum absolute atomic E-state index is 0.0329. The van der Waals surface area contributed by atoms with Crippen molar-refractivity contribution in [2.24, 2.45) is 0 Å². The number of nitrogens with zero attached hydrogens (tertiary/aromatic N) is 1. The summed E-state index contributed by atoms with van der Waals surface area (Å²) >= 11 is 0. The van der Waals surface area contributed by atoms with Gasteiger partial charge in [0.25, 0.3) is 5.91 Å². The number of hydrogen-bond donors (Lipinski definition) is 1. The van der Waals surface area contributed by atoms with Crippen molar-refractivity contribution in [2.45, 2.75) is 45.1 Å². The van der Waals surface area contributed by atoms with Gasteiger partial charge in [0.05, 0.1) is 5.69 Å². The molecule has 0 aliphatic heterocycles. The molecule has 0 unspecified atom stereocenters. The van der Waals surface area contributed by atoms with E-state index < -0.39 is 5.82 Å². The fourth-order valence-electron chi connectivity index (χ4n) is 2.80. The largest absolute Gasteiger partial charge is 0.396 e. The van der Waals surface area contributed by atoms with Crippen LogP contribution in [0.15, 0.2) is 18.2 Å². The van der Waals surface area contributed by atoms with Crippen LogP contribution in [0.5, 0.6) is 0 Å². The number of hydrogen-bond acceptors (Lipinski definition) is 2. The quantitative estimate of drug-likeness (QED) is 0.852. The summed E-state index contributed by atoms with van der Waals surface area (Å²) < 4.78 is 13.1. The summed E-state index contributed by atoms with van der Waals surface area (Å²) in [6, 6.07) is 4.53. The molecule has 3 nitrogen and oxygen atoms in total. The third kappa shape index (κ3) is 3.06. The minimum Gasteiger partial charge on any atom is -0.396 e. The maximum absolute atomic E-state index is 13.1. The van der Waals surface area contributed by atoms with Crippen molar-refractivity contribution in [1.82, 2.24) is 4.90 Å². The molecule has 0 radical (unpaired) electrons. The molecule has 104 valence electrons. The van der Waals surface area contributed by atoms with Gasteiger partial charge in [-0.2, -0.15) is 0 Å². The molecule has 0 atom stereocenters. The molecule has 1 aliphatic carbocycles. The zero-order chi connectivity index (χ0) is 13.8. The lowest BCUT2D eigenvalue weighted by molar-refractivity contribution is 0.0648. The van der Waals surface area contributed by atoms with Gasteiger partial charge in [-0.15, -0.1) is 0 Å². The highest BCUT2D eigenvalue weighted by atomic mass is 19.1. The highest BCUT2D eigenvalue weighted by Crippen LogP contribution is 2.24. The van der Waals surface area contributed by atoms with Crippen LogP contribution in [-0.4, -0.2) is 23.4 Å². The number of carbonyl (C=O) groups is 1. The van der Waals surface area contributed by atoms with Crippen molar-refractivity contribution in [3.8, 4) is 0 Å². The third-order valence-electron chi connectivity index (χ3n) is 3.86. The second kappa shape index (κ2) is 6.04. The first-order chi connectivity index (χ1) is 9.13. The van der Waals surface area contributed by atoms with E-state index in [1.807, 2.05) is 11.8 Å². The first-order valence-corrected chi connectivity index (χ1v) is 6.99. The summed E-state index contributed by atoms with van der Waals surface area (Å²) in [5, 5.41) is 0. The summed E-state index contributed by atoms with van der Waals surface area (Å²) in [6.07, 6.45) is 5.75. The number of nitrogens with two attached hydrogens (primary N) is 1. The Bertz CT molecular complexity index is 455. The van der Waals surface area contributed by atoms with Gasteiger partial charge in [-0.05, 0) is 38.0 Å². The van der Waals surface area contributed by atoms with E-state index in [9.17, 15) is 9.18 Å². The summed E-state index contributed by atoms with van der Waals surface area (Å²) in [5.41, 5.74) is 6.04. The number of anilines is 1. The van der Waals surface area contributed by atoms with Gasteiger partial charge in [0.2, 0.25) is 0 Å². The molecule has 0 spiro atoms. The molecule has 1 amide bonds. The van der Waals surface area contributed by atoms with Gasteiger partial charge in [-0.3, -0.25) is 4.79 Å². The molecule has 1 aromatic rings. The standard InChI is InChI=1S/C15H21FN2O/c1-2-18(12-6-4-3-5-7-12)15(19)11-8-9-13(16)14(17)10-11/h8-10,12H,2-7,17H2,1H3. The van der Waals surface area contributed by atoms with Gasteiger partial charge < -0.3 is 10.6 Å². The van der Waals surface area contributed by atoms with Gasteiger partial charge in [0.15, 0.2) is 0 Å². The smallest absolute Gasteiger partial charge is 0.254 e. The van der Waals surface area contributed by atoms with Crippen molar-refractivity contribution < 1.29 is 9.18 Å². The van der Waals surface area contributed by atoms with Crippen molar-refractivity contribution in [3.05, 3.63) is 29.6 Å². The molecule has 0 bridgehead atoms. The Labute approximate surface area is 113 Å². The molecule has 1 fully saturated rings. The molecule has 2 N–H and O–H groups in total. The fourth-order valence-corrected chi connectivity index (χ4v) is 2.80. The van der Waals surface area contributed by atoms with Crippen LogP contribution < -0.4 is 5.73 Å². The van der Waals surface area contributed by atoms with E-state index in [0.29, 0.717) is 18.2 Å². The SMILES string of the molecule is CCN(C(=O)c1ccc(F)c(N)c1)C1CCCCC1. The van der Waals surface area contributed by atoms with Crippen LogP contribution in [-0.2, 0) is 0 Å². The zero-order valence-corrected chi connectivity index (χ0v) is 11.4. The average molecular weight is 264 g/mol. The molecule has 1 aromatic carbocycles. The summed E-state index contributed by atoms with van der Waals surface area (Å²) in [4.78, 5) is 14.4. The number of carbonyl (C=O) groups excluding carboxylic acids is 1. The fraction of sp³-hybridized carbons (Fsp3) is 0.533. The average Bonchev–Trinajstić information content (AvgIpc) is 2.44. The predicted molar refractivity (Wildman–Crippen MR) is 74.4 cm³/mol. The lowest BCUT2D eigenvalue weighted by Crippen LogP contribution is -2.41. The summed E-state index contributed by atoms with van der Waals surface area (Å²) in [5.74, 6) is -0.515. The maximum atomic E-state index is 13.1. The first kappa shape index (κ1) is 13.8. The molecule has 1 aliphatic rings. The Hall–Kier alpha value is -1.58. The maximum Gasteiger partial charge on any atom is 0.254 e. The lowest BCUT2D eigenvalue weighted by atomic mass is 9.93. The van der Waals surface area contributed by atoms with E-state index in [1.165, 1.54) is 37.5 Å². The molecular weight excluding hydrogens is 243 g/mol. The highest BCUT2D eigenvalue weighted by molar-refractivity contribution is 5.95. The van der Waals surface area contributed by atoms with Crippen LogP contribution in [0.2, 0.25) is 0 Å². The van der Waals surface area contributed by atoms with E-state index in [0.717, 1.165) is 12.8 Å².